The van der Waals surface area contributed by atoms with Gasteiger partial charge in [0.2, 0.25) is 0 Å². The second kappa shape index (κ2) is 5.66. The van der Waals surface area contributed by atoms with Gasteiger partial charge < -0.3 is 4.74 Å². The zero-order valence-corrected chi connectivity index (χ0v) is 12.7. The van der Waals surface area contributed by atoms with Gasteiger partial charge >= 0.3 is 5.97 Å². The Labute approximate surface area is 131 Å². The standard InChI is InChI=1S/C14H13Cl2NO4/c1-13(8-14(13,15)16)12(20)21-7-10(18)17-11(19)9-5-3-2-4-6-9/h2-6H,7-8H2,1H3,(H,17,18,19)/t13-/m1/s1. The summed E-state index contributed by atoms with van der Waals surface area (Å²) >= 11 is 11.7. The van der Waals surface area contributed by atoms with Gasteiger partial charge in [-0.25, -0.2) is 0 Å². The molecular formula is C14H13Cl2NO4. The summed E-state index contributed by atoms with van der Waals surface area (Å²) in [5, 5.41) is 2.12. The summed E-state index contributed by atoms with van der Waals surface area (Å²) < 4.78 is 3.68. The number of alkyl halides is 2. The molecule has 1 aliphatic carbocycles. The van der Waals surface area contributed by atoms with Crippen molar-refractivity contribution in [3.63, 3.8) is 0 Å². The number of benzene rings is 1. The van der Waals surface area contributed by atoms with E-state index in [0.29, 0.717) is 5.56 Å². The maximum Gasteiger partial charge on any atom is 0.315 e. The van der Waals surface area contributed by atoms with Crippen molar-refractivity contribution < 1.29 is 19.1 Å². The molecule has 21 heavy (non-hydrogen) atoms. The lowest BCUT2D eigenvalue weighted by molar-refractivity contribution is -0.153. The van der Waals surface area contributed by atoms with E-state index in [1.54, 1.807) is 37.3 Å². The Morgan fingerprint density at radius 2 is 1.81 bits per heavy atom. The van der Waals surface area contributed by atoms with Gasteiger partial charge in [-0.1, -0.05) is 18.2 Å². The maximum atomic E-state index is 11.7. The molecule has 1 aromatic rings. The van der Waals surface area contributed by atoms with E-state index >= 15 is 0 Å². The van der Waals surface area contributed by atoms with E-state index in [9.17, 15) is 14.4 Å². The van der Waals surface area contributed by atoms with E-state index in [-0.39, 0.29) is 6.42 Å². The van der Waals surface area contributed by atoms with Crippen molar-refractivity contribution in [1.29, 1.82) is 0 Å². The molecule has 0 aromatic heterocycles. The summed E-state index contributed by atoms with van der Waals surface area (Å²) in [7, 11) is 0. The zero-order chi connectivity index (χ0) is 15.7. The molecule has 0 aliphatic heterocycles. The van der Waals surface area contributed by atoms with Crippen LogP contribution in [0.4, 0.5) is 0 Å². The summed E-state index contributed by atoms with van der Waals surface area (Å²) in [5.41, 5.74) is -0.660. The number of imide groups is 1. The smallest absolute Gasteiger partial charge is 0.315 e. The molecule has 112 valence electrons. The van der Waals surface area contributed by atoms with Crippen molar-refractivity contribution in [3.05, 3.63) is 35.9 Å². The molecule has 1 N–H and O–H groups in total. The number of esters is 1. The lowest BCUT2D eigenvalue weighted by atomic mass is 10.1. The second-order valence-corrected chi connectivity index (χ2v) is 6.52. The second-order valence-electron chi connectivity index (χ2n) is 5.03. The number of carbonyl (C=O) groups is 3. The van der Waals surface area contributed by atoms with Crippen LogP contribution in [0.3, 0.4) is 0 Å². The lowest BCUT2D eigenvalue weighted by Crippen LogP contribution is -2.35. The first-order valence-corrected chi connectivity index (χ1v) is 6.96. The Hall–Kier alpha value is -1.59. The molecule has 0 radical (unpaired) electrons. The molecular weight excluding hydrogens is 317 g/mol. The fourth-order valence-electron chi connectivity index (χ4n) is 1.74. The molecule has 1 fully saturated rings. The molecule has 1 atom stereocenters. The minimum atomic E-state index is -1.15. The number of nitrogens with one attached hydrogen (secondary N) is 1. The van der Waals surface area contributed by atoms with Crippen LogP contribution in [0, 0.1) is 5.41 Å². The number of ether oxygens (including phenoxy) is 1. The molecule has 0 unspecified atom stereocenters. The van der Waals surface area contributed by atoms with Crippen LogP contribution < -0.4 is 5.32 Å². The van der Waals surface area contributed by atoms with Crippen molar-refractivity contribution in [2.45, 2.75) is 17.7 Å². The molecule has 0 saturated heterocycles. The van der Waals surface area contributed by atoms with Crippen molar-refractivity contribution in [1.82, 2.24) is 5.32 Å². The molecule has 0 spiro atoms. The zero-order valence-electron chi connectivity index (χ0n) is 11.2. The third kappa shape index (κ3) is 3.36. The maximum absolute atomic E-state index is 11.7. The summed E-state index contributed by atoms with van der Waals surface area (Å²) in [4.78, 5) is 35.0. The molecule has 2 amide bonds. The van der Waals surface area contributed by atoms with Gasteiger partial charge in [0, 0.05) is 12.0 Å². The molecule has 2 rings (SSSR count). The lowest BCUT2D eigenvalue weighted by Gasteiger charge is -2.11. The number of carbonyl (C=O) groups excluding carboxylic acids is 3. The first kappa shape index (κ1) is 15.8. The van der Waals surface area contributed by atoms with Crippen LogP contribution in [0.1, 0.15) is 23.7 Å². The van der Waals surface area contributed by atoms with Crippen molar-refractivity contribution in [2.24, 2.45) is 5.41 Å². The van der Waals surface area contributed by atoms with E-state index in [4.69, 9.17) is 27.9 Å². The molecule has 7 heteroatoms. The van der Waals surface area contributed by atoms with Crippen molar-refractivity contribution in [3.8, 4) is 0 Å². The van der Waals surface area contributed by atoms with E-state index in [1.165, 1.54) is 0 Å². The normalized spacial score (nSPS) is 22.2. The summed E-state index contributed by atoms with van der Waals surface area (Å²) in [5.74, 6) is -1.93. The van der Waals surface area contributed by atoms with Gasteiger partial charge in [-0.3, -0.25) is 19.7 Å². The monoisotopic (exact) mass is 329 g/mol. The fraction of sp³-hybridized carbons (Fsp3) is 0.357. The summed E-state index contributed by atoms with van der Waals surface area (Å²) in [6.45, 7) is 0.999. The van der Waals surface area contributed by atoms with Crippen LogP contribution in [-0.2, 0) is 14.3 Å². The third-order valence-corrected chi connectivity index (χ3v) is 4.43. The number of rotatable bonds is 4. The first-order chi connectivity index (χ1) is 9.76. The Kier molecular flexibility index (Phi) is 4.25. The summed E-state index contributed by atoms with van der Waals surface area (Å²) in [6, 6.07) is 8.23. The van der Waals surface area contributed by atoms with E-state index in [2.05, 4.69) is 5.32 Å². The van der Waals surface area contributed by atoms with E-state index in [1.807, 2.05) is 0 Å². The summed E-state index contributed by atoms with van der Waals surface area (Å²) in [6.07, 6.45) is 0.270. The minimum Gasteiger partial charge on any atom is -0.455 e. The van der Waals surface area contributed by atoms with Gasteiger partial charge in [0.1, 0.15) is 9.75 Å². The third-order valence-electron chi connectivity index (χ3n) is 3.33. The van der Waals surface area contributed by atoms with Crippen LogP contribution >= 0.6 is 23.2 Å². The van der Waals surface area contributed by atoms with Gasteiger partial charge in [-0.2, -0.15) is 0 Å². The highest BCUT2D eigenvalue weighted by Crippen LogP contribution is 2.64. The van der Waals surface area contributed by atoms with Crippen molar-refractivity contribution >= 4 is 41.0 Å². The number of hydrogen-bond acceptors (Lipinski definition) is 4. The molecule has 1 aromatic carbocycles. The number of amides is 2. The van der Waals surface area contributed by atoms with Crippen LogP contribution in [0.5, 0.6) is 0 Å². The minimum absolute atomic E-state index is 0.270. The van der Waals surface area contributed by atoms with Crippen molar-refractivity contribution in [2.75, 3.05) is 6.61 Å². The van der Waals surface area contributed by atoms with Gasteiger partial charge in [-0.05, 0) is 19.1 Å². The molecule has 1 saturated carbocycles. The van der Waals surface area contributed by atoms with E-state index < -0.39 is 34.1 Å². The largest absolute Gasteiger partial charge is 0.455 e. The highest BCUT2D eigenvalue weighted by molar-refractivity contribution is 6.53. The number of hydrogen-bond donors (Lipinski definition) is 1. The SMILES string of the molecule is C[C@]1(C(=O)OCC(=O)NC(=O)c2ccccc2)CC1(Cl)Cl. The predicted molar refractivity (Wildman–Crippen MR) is 77.0 cm³/mol. The molecule has 0 heterocycles. The Morgan fingerprint density at radius 3 is 2.33 bits per heavy atom. The highest BCUT2D eigenvalue weighted by atomic mass is 35.5. The highest BCUT2D eigenvalue weighted by Gasteiger charge is 2.69. The Morgan fingerprint density at radius 1 is 1.24 bits per heavy atom. The van der Waals surface area contributed by atoms with Gasteiger partial charge in [0.25, 0.3) is 11.8 Å². The molecule has 5 nitrogen and oxygen atoms in total. The Bertz CT molecular complexity index is 588. The fourth-order valence-corrected chi connectivity index (χ4v) is 2.42. The molecule has 0 bridgehead atoms. The van der Waals surface area contributed by atoms with Crippen LogP contribution in [0.25, 0.3) is 0 Å². The van der Waals surface area contributed by atoms with E-state index in [0.717, 1.165) is 0 Å². The number of halogens is 2. The van der Waals surface area contributed by atoms with Crippen LogP contribution in [0.15, 0.2) is 30.3 Å². The average Bonchev–Trinajstić information content (AvgIpc) is 2.97. The predicted octanol–water partition coefficient (Wildman–Crippen LogP) is 2.07. The van der Waals surface area contributed by atoms with Gasteiger partial charge in [-0.15, -0.1) is 23.2 Å². The van der Waals surface area contributed by atoms with Gasteiger partial charge in [0.05, 0.1) is 0 Å². The Balaban J connectivity index is 1.81. The van der Waals surface area contributed by atoms with Crippen LogP contribution in [0.2, 0.25) is 0 Å². The molecule has 1 aliphatic rings. The first-order valence-electron chi connectivity index (χ1n) is 6.20. The topological polar surface area (TPSA) is 72.5 Å². The van der Waals surface area contributed by atoms with Crippen LogP contribution in [-0.4, -0.2) is 28.7 Å². The van der Waals surface area contributed by atoms with Gasteiger partial charge in [0.15, 0.2) is 6.61 Å². The average molecular weight is 330 g/mol. The quantitative estimate of drug-likeness (QED) is 0.678.